The summed E-state index contributed by atoms with van der Waals surface area (Å²) < 4.78 is 0. The first-order chi connectivity index (χ1) is 10.2. The number of aryl methyl sites for hydroxylation is 1. The lowest BCUT2D eigenvalue weighted by molar-refractivity contribution is 0.447. The lowest BCUT2D eigenvalue weighted by Gasteiger charge is -2.28. The second-order valence-electron chi connectivity index (χ2n) is 7.18. The maximum Gasteiger partial charge on any atom is 0.0396 e. The molecular formula is C19H30N2. The van der Waals surface area contributed by atoms with Crippen molar-refractivity contribution in [1.29, 1.82) is 0 Å². The van der Waals surface area contributed by atoms with Gasteiger partial charge in [-0.2, -0.15) is 0 Å². The second-order valence-corrected chi connectivity index (χ2v) is 7.18. The predicted octanol–water partition coefficient (Wildman–Crippen LogP) is 4.13. The van der Waals surface area contributed by atoms with Crippen LogP contribution in [0.3, 0.4) is 0 Å². The van der Waals surface area contributed by atoms with Gasteiger partial charge in [0.2, 0.25) is 0 Å². The van der Waals surface area contributed by atoms with Crippen LogP contribution in [0.5, 0.6) is 0 Å². The summed E-state index contributed by atoms with van der Waals surface area (Å²) in [6.45, 7) is 4.64. The van der Waals surface area contributed by atoms with Gasteiger partial charge >= 0.3 is 0 Å². The van der Waals surface area contributed by atoms with Gasteiger partial charge in [-0.15, -0.1) is 0 Å². The van der Waals surface area contributed by atoms with Crippen LogP contribution in [-0.4, -0.2) is 19.6 Å². The van der Waals surface area contributed by atoms with Crippen LogP contribution < -0.4 is 10.2 Å². The van der Waals surface area contributed by atoms with Crippen LogP contribution in [0.15, 0.2) is 18.2 Å². The van der Waals surface area contributed by atoms with Crippen molar-refractivity contribution >= 4 is 5.69 Å². The number of benzene rings is 1. The summed E-state index contributed by atoms with van der Waals surface area (Å²) in [5.74, 6) is 0.927. The number of hydrogen-bond acceptors (Lipinski definition) is 2. The van der Waals surface area contributed by atoms with Gasteiger partial charge in [0.15, 0.2) is 0 Å². The number of hydrogen-bond donors (Lipinski definition) is 1. The van der Waals surface area contributed by atoms with E-state index in [4.69, 9.17) is 0 Å². The molecule has 0 aromatic heterocycles. The fourth-order valence-electron chi connectivity index (χ4n) is 3.90. The maximum atomic E-state index is 3.80. The first-order valence-corrected chi connectivity index (χ1v) is 8.78. The molecule has 0 bridgehead atoms. The standard InChI is InChI=1S/C19H30N2/c1-15-5-3-7-18(10-8-15)20-14-16-9-11-19-17(13-16)6-4-12-21(19)2/h9,11,13,15,18,20H,3-8,10,12,14H2,1-2H3. The summed E-state index contributed by atoms with van der Waals surface area (Å²) in [6, 6.07) is 7.79. The van der Waals surface area contributed by atoms with Gasteiger partial charge in [0.05, 0.1) is 0 Å². The van der Waals surface area contributed by atoms with Gasteiger partial charge in [-0.05, 0) is 55.2 Å². The Hall–Kier alpha value is -1.02. The first-order valence-electron chi connectivity index (χ1n) is 8.78. The highest BCUT2D eigenvalue weighted by Crippen LogP contribution is 2.27. The zero-order valence-corrected chi connectivity index (χ0v) is 13.7. The highest BCUT2D eigenvalue weighted by atomic mass is 15.1. The molecule has 2 atom stereocenters. The molecule has 2 unspecified atom stereocenters. The number of nitrogens with one attached hydrogen (secondary N) is 1. The van der Waals surface area contributed by atoms with E-state index in [-0.39, 0.29) is 0 Å². The summed E-state index contributed by atoms with van der Waals surface area (Å²) >= 11 is 0. The van der Waals surface area contributed by atoms with Crippen molar-refractivity contribution < 1.29 is 0 Å². The van der Waals surface area contributed by atoms with Crippen molar-refractivity contribution in [2.45, 2.75) is 64.5 Å². The summed E-state index contributed by atoms with van der Waals surface area (Å²) in [4.78, 5) is 2.39. The molecule has 1 fully saturated rings. The van der Waals surface area contributed by atoms with E-state index in [0.29, 0.717) is 0 Å². The Morgan fingerprint density at radius 2 is 2.05 bits per heavy atom. The Morgan fingerprint density at radius 3 is 2.95 bits per heavy atom. The van der Waals surface area contributed by atoms with Crippen molar-refractivity contribution in [3.05, 3.63) is 29.3 Å². The molecule has 0 saturated heterocycles. The van der Waals surface area contributed by atoms with Crippen molar-refractivity contribution in [3.8, 4) is 0 Å². The molecule has 116 valence electrons. The molecule has 2 nitrogen and oxygen atoms in total. The summed E-state index contributed by atoms with van der Waals surface area (Å²) in [5.41, 5.74) is 4.44. The maximum absolute atomic E-state index is 3.80. The molecule has 2 aliphatic rings. The van der Waals surface area contributed by atoms with Crippen molar-refractivity contribution in [2.75, 3.05) is 18.5 Å². The molecule has 3 rings (SSSR count). The third kappa shape index (κ3) is 3.79. The van der Waals surface area contributed by atoms with E-state index in [2.05, 4.69) is 42.4 Å². The van der Waals surface area contributed by atoms with Gasteiger partial charge in [-0.3, -0.25) is 0 Å². The molecule has 1 aliphatic carbocycles. The van der Waals surface area contributed by atoms with Crippen LogP contribution in [-0.2, 0) is 13.0 Å². The molecule has 0 radical (unpaired) electrons. The van der Waals surface area contributed by atoms with Gasteiger partial charge in [0.1, 0.15) is 0 Å². The normalized spacial score (nSPS) is 26.3. The molecule has 0 amide bonds. The zero-order valence-electron chi connectivity index (χ0n) is 13.7. The van der Waals surface area contributed by atoms with Crippen LogP contribution in [0.4, 0.5) is 5.69 Å². The van der Waals surface area contributed by atoms with Crippen LogP contribution in [0.25, 0.3) is 0 Å². The molecule has 1 heterocycles. The number of nitrogens with zero attached hydrogens (tertiary/aromatic N) is 1. The van der Waals surface area contributed by atoms with Crippen molar-refractivity contribution in [1.82, 2.24) is 5.32 Å². The van der Waals surface area contributed by atoms with E-state index in [9.17, 15) is 0 Å². The van der Waals surface area contributed by atoms with Crippen molar-refractivity contribution in [2.24, 2.45) is 5.92 Å². The molecule has 0 spiro atoms. The fraction of sp³-hybridized carbons (Fsp3) is 0.684. The SMILES string of the molecule is CC1CCCC(NCc2ccc3c(c2)CCCN3C)CC1. The number of rotatable bonds is 3. The first kappa shape index (κ1) is 14.9. The topological polar surface area (TPSA) is 15.3 Å². The zero-order chi connectivity index (χ0) is 14.7. The average molecular weight is 286 g/mol. The van der Waals surface area contributed by atoms with Crippen LogP contribution >= 0.6 is 0 Å². The summed E-state index contributed by atoms with van der Waals surface area (Å²) in [7, 11) is 2.21. The molecule has 2 heteroatoms. The minimum absolute atomic E-state index is 0.730. The third-order valence-electron chi connectivity index (χ3n) is 5.35. The van der Waals surface area contributed by atoms with Crippen LogP contribution in [0.2, 0.25) is 0 Å². The van der Waals surface area contributed by atoms with E-state index in [1.807, 2.05) is 0 Å². The minimum atomic E-state index is 0.730. The smallest absolute Gasteiger partial charge is 0.0396 e. The highest BCUT2D eigenvalue weighted by molar-refractivity contribution is 5.56. The number of fused-ring (bicyclic) bond motifs is 1. The fourth-order valence-corrected chi connectivity index (χ4v) is 3.90. The average Bonchev–Trinajstić information content (AvgIpc) is 2.70. The molecule has 1 aromatic carbocycles. The molecule has 1 aliphatic heterocycles. The van der Waals surface area contributed by atoms with Gasteiger partial charge in [0.25, 0.3) is 0 Å². The number of anilines is 1. The third-order valence-corrected chi connectivity index (χ3v) is 5.35. The molecule has 1 saturated carbocycles. The monoisotopic (exact) mass is 286 g/mol. The Morgan fingerprint density at radius 1 is 1.14 bits per heavy atom. The van der Waals surface area contributed by atoms with Crippen LogP contribution in [0, 0.1) is 5.92 Å². The van der Waals surface area contributed by atoms with Crippen LogP contribution in [0.1, 0.15) is 56.6 Å². The largest absolute Gasteiger partial charge is 0.374 e. The van der Waals surface area contributed by atoms with E-state index in [0.717, 1.165) is 18.5 Å². The van der Waals surface area contributed by atoms with Gasteiger partial charge in [0, 0.05) is 31.9 Å². The predicted molar refractivity (Wildman–Crippen MR) is 90.9 cm³/mol. The minimum Gasteiger partial charge on any atom is -0.374 e. The summed E-state index contributed by atoms with van der Waals surface area (Å²) in [5, 5.41) is 3.80. The van der Waals surface area contributed by atoms with E-state index in [1.165, 1.54) is 68.3 Å². The lowest BCUT2D eigenvalue weighted by atomic mass is 9.99. The highest BCUT2D eigenvalue weighted by Gasteiger charge is 2.17. The van der Waals surface area contributed by atoms with E-state index in [1.54, 1.807) is 0 Å². The Bertz CT molecular complexity index is 469. The Kier molecular flexibility index (Phi) is 4.84. The van der Waals surface area contributed by atoms with Gasteiger partial charge in [-0.25, -0.2) is 0 Å². The lowest BCUT2D eigenvalue weighted by Crippen LogP contribution is -2.28. The Balaban J connectivity index is 1.58. The van der Waals surface area contributed by atoms with Gasteiger partial charge < -0.3 is 10.2 Å². The van der Waals surface area contributed by atoms with Crippen molar-refractivity contribution in [3.63, 3.8) is 0 Å². The van der Waals surface area contributed by atoms with E-state index < -0.39 is 0 Å². The molecule has 1 aromatic rings. The molecular weight excluding hydrogens is 256 g/mol. The molecule has 21 heavy (non-hydrogen) atoms. The molecule has 1 N–H and O–H groups in total. The quantitative estimate of drug-likeness (QED) is 0.841. The van der Waals surface area contributed by atoms with E-state index >= 15 is 0 Å². The summed E-state index contributed by atoms with van der Waals surface area (Å²) in [6.07, 6.45) is 9.46. The van der Waals surface area contributed by atoms with Gasteiger partial charge in [-0.1, -0.05) is 31.9 Å². The Labute approximate surface area is 129 Å². The second kappa shape index (κ2) is 6.83.